The van der Waals surface area contributed by atoms with E-state index >= 15 is 0 Å². The van der Waals surface area contributed by atoms with Gasteiger partial charge in [0, 0.05) is 25.0 Å². The van der Waals surface area contributed by atoms with Crippen LogP contribution in [0.15, 0.2) is 43.0 Å². The van der Waals surface area contributed by atoms with Crippen LogP contribution in [0, 0.1) is 0 Å². The number of aromatic nitrogens is 2. The lowest BCUT2D eigenvalue weighted by atomic mass is 10.2. The fourth-order valence-electron chi connectivity index (χ4n) is 1.87. The molecule has 0 bridgehead atoms. The molecular formula is C15H20N2O2. The molecule has 4 nitrogen and oxygen atoms in total. The molecule has 0 saturated carbocycles. The predicted molar refractivity (Wildman–Crippen MR) is 74.6 cm³/mol. The van der Waals surface area contributed by atoms with Crippen LogP contribution in [0.2, 0.25) is 0 Å². The third-order valence-corrected chi connectivity index (χ3v) is 2.93. The number of methoxy groups -OCH3 is 1. The lowest BCUT2D eigenvalue weighted by Crippen LogP contribution is -1.99. The number of unbranched alkanes of at least 4 members (excludes halogenated alkanes) is 2. The number of hydrogen-bond acceptors (Lipinski definition) is 3. The number of ether oxygens (including phenoxy) is 2. The summed E-state index contributed by atoms with van der Waals surface area (Å²) in [5.41, 5.74) is 0. The zero-order chi connectivity index (χ0) is 13.3. The molecule has 4 heteroatoms. The molecule has 0 fully saturated rings. The maximum Gasteiger partial charge on any atom is 0.122 e. The van der Waals surface area contributed by atoms with Gasteiger partial charge in [0.25, 0.3) is 0 Å². The first-order valence-electron chi connectivity index (χ1n) is 6.61. The monoisotopic (exact) mass is 260 g/mol. The maximum atomic E-state index is 5.69. The maximum absolute atomic E-state index is 5.69. The zero-order valence-electron chi connectivity index (χ0n) is 11.3. The van der Waals surface area contributed by atoms with E-state index in [0.29, 0.717) is 0 Å². The Balaban J connectivity index is 1.58. The van der Waals surface area contributed by atoms with E-state index in [1.54, 1.807) is 7.11 Å². The van der Waals surface area contributed by atoms with Gasteiger partial charge in [0.2, 0.25) is 0 Å². The van der Waals surface area contributed by atoms with Crippen molar-refractivity contribution in [1.82, 2.24) is 9.55 Å². The molecule has 1 aromatic carbocycles. The summed E-state index contributed by atoms with van der Waals surface area (Å²) >= 11 is 0. The summed E-state index contributed by atoms with van der Waals surface area (Å²) in [6, 6.07) is 7.71. The van der Waals surface area contributed by atoms with Gasteiger partial charge in [0.05, 0.1) is 20.0 Å². The van der Waals surface area contributed by atoms with Crippen molar-refractivity contribution < 1.29 is 9.47 Å². The van der Waals surface area contributed by atoms with E-state index in [0.717, 1.165) is 43.9 Å². The zero-order valence-corrected chi connectivity index (χ0v) is 11.3. The molecule has 2 aromatic rings. The Kier molecular flexibility index (Phi) is 5.29. The van der Waals surface area contributed by atoms with E-state index in [2.05, 4.69) is 9.55 Å². The molecule has 0 unspecified atom stereocenters. The molecule has 2 rings (SSSR count). The second kappa shape index (κ2) is 7.46. The molecule has 1 aromatic heterocycles. The van der Waals surface area contributed by atoms with Gasteiger partial charge < -0.3 is 14.0 Å². The first kappa shape index (κ1) is 13.5. The second-order valence-corrected chi connectivity index (χ2v) is 4.39. The fourth-order valence-corrected chi connectivity index (χ4v) is 1.87. The second-order valence-electron chi connectivity index (χ2n) is 4.39. The minimum atomic E-state index is 0.747. The smallest absolute Gasteiger partial charge is 0.122 e. The van der Waals surface area contributed by atoms with Gasteiger partial charge in [-0.05, 0) is 31.4 Å². The molecule has 0 aliphatic rings. The van der Waals surface area contributed by atoms with Crippen LogP contribution in [0.5, 0.6) is 11.5 Å². The standard InChI is InChI=1S/C15H20N2O2/c1-18-14-6-5-7-15(12-14)19-11-4-2-3-9-17-10-8-16-13-17/h5-8,10,12-13H,2-4,9,11H2,1H3. The number of imidazole rings is 1. The highest BCUT2D eigenvalue weighted by molar-refractivity contribution is 5.32. The van der Waals surface area contributed by atoms with Gasteiger partial charge >= 0.3 is 0 Å². The third kappa shape index (κ3) is 4.66. The number of rotatable bonds is 8. The summed E-state index contributed by atoms with van der Waals surface area (Å²) in [5.74, 6) is 1.70. The minimum Gasteiger partial charge on any atom is -0.497 e. The summed E-state index contributed by atoms with van der Waals surface area (Å²) in [4.78, 5) is 4.02. The number of nitrogens with zero attached hydrogens (tertiary/aromatic N) is 2. The molecule has 0 atom stereocenters. The van der Waals surface area contributed by atoms with Gasteiger partial charge in [-0.15, -0.1) is 0 Å². The summed E-state index contributed by atoms with van der Waals surface area (Å²) in [5, 5.41) is 0. The molecule has 0 N–H and O–H groups in total. The highest BCUT2D eigenvalue weighted by Gasteiger charge is 1.97. The Labute approximate surface area is 114 Å². The van der Waals surface area contributed by atoms with Crippen molar-refractivity contribution in [2.75, 3.05) is 13.7 Å². The van der Waals surface area contributed by atoms with E-state index in [9.17, 15) is 0 Å². The van der Waals surface area contributed by atoms with Crippen LogP contribution in [0.4, 0.5) is 0 Å². The Morgan fingerprint density at radius 2 is 2.05 bits per heavy atom. The van der Waals surface area contributed by atoms with Crippen molar-refractivity contribution in [2.24, 2.45) is 0 Å². The Bertz CT molecular complexity index is 469. The first-order chi connectivity index (χ1) is 9.38. The topological polar surface area (TPSA) is 36.3 Å². The van der Waals surface area contributed by atoms with E-state index < -0.39 is 0 Å². The summed E-state index contributed by atoms with van der Waals surface area (Å²) in [6.07, 6.45) is 9.03. The first-order valence-corrected chi connectivity index (χ1v) is 6.61. The lowest BCUT2D eigenvalue weighted by molar-refractivity contribution is 0.301. The van der Waals surface area contributed by atoms with Crippen LogP contribution in [-0.2, 0) is 6.54 Å². The Morgan fingerprint density at radius 3 is 2.84 bits per heavy atom. The van der Waals surface area contributed by atoms with Crippen molar-refractivity contribution >= 4 is 0 Å². The van der Waals surface area contributed by atoms with Crippen LogP contribution in [0.1, 0.15) is 19.3 Å². The van der Waals surface area contributed by atoms with E-state index in [1.807, 2.05) is 43.0 Å². The van der Waals surface area contributed by atoms with Crippen molar-refractivity contribution in [1.29, 1.82) is 0 Å². The number of hydrogen-bond donors (Lipinski definition) is 0. The largest absolute Gasteiger partial charge is 0.497 e. The van der Waals surface area contributed by atoms with Crippen LogP contribution in [0.3, 0.4) is 0 Å². The van der Waals surface area contributed by atoms with Gasteiger partial charge in [0.1, 0.15) is 11.5 Å². The minimum absolute atomic E-state index is 0.747. The molecule has 0 spiro atoms. The highest BCUT2D eigenvalue weighted by atomic mass is 16.5. The van der Waals surface area contributed by atoms with Crippen LogP contribution in [-0.4, -0.2) is 23.3 Å². The molecule has 102 valence electrons. The van der Waals surface area contributed by atoms with Crippen molar-refractivity contribution in [2.45, 2.75) is 25.8 Å². The van der Waals surface area contributed by atoms with Gasteiger partial charge in [-0.2, -0.15) is 0 Å². The molecule has 0 amide bonds. The summed E-state index contributed by atoms with van der Waals surface area (Å²) in [6.45, 7) is 1.77. The van der Waals surface area contributed by atoms with Crippen LogP contribution in [0.25, 0.3) is 0 Å². The average molecular weight is 260 g/mol. The lowest BCUT2D eigenvalue weighted by Gasteiger charge is -2.07. The quantitative estimate of drug-likeness (QED) is 0.684. The summed E-state index contributed by atoms with van der Waals surface area (Å²) in [7, 11) is 1.66. The van der Waals surface area contributed by atoms with Crippen LogP contribution >= 0.6 is 0 Å². The average Bonchev–Trinajstić information content (AvgIpc) is 2.96. The molecule has 0 aliphatic carbocycles. The van der Waals surface area contributed by atoms with E-state index in [-0.39, 0.29) is 0 Å². The Hall–Kier alpha value is -1.97. The molecule has 19 heavy (non-hydrogen) atoms. The SMILES string of the molecule is COc1cccc(OCCCCCn2ccnc2)c1. The normalized spacial score (nSPS) is 10.4. The molecule has 0 radical (unpaired) electrons. The van der Waals surface area contributed by atoms with Crippen molar-refractivity contribution in [3.05, 3.63) is 43.0 Å². The van der Waals surface area contributed by atoms with Gasteiger partial charge in [-0.25, -0.2) is 4.98 Å². The van der Waals surface area contributed by atoms with Crippen LogP contribution < -0.4 is 9.47 Å². The predicted octanol–water partition coefficient (Wildman–Crippen LogP) is 3.14. The third-order valence-electron chi connectivity index (χ3n) is 2.93. The fraction of sp³-hybridized carbons (Fsp3) is 0.400. The highest BCUT2D eigenvalue weighted by Crippen LogP contribution is 2.19. The van der Waals surface area contributed by atoms with E-state index in [4.69, 9.17) is 9.47 Å². The molecule has 1 heterocycles. The van der Waals surface area contributed by atoms with Gasteiger partial charge in [0.15, 0.2) is 0 Å². The summed E-state index contributed by atoms with van der Waals surface area (Å²) < 4.78 is 12.9. The molecule has 0 aliphatic heterocycles. The van der Waals surface area contributed by atoms with Crippen molar-refractivity contribution in [3.8, 4) is 11.5 Å². The van der Waals surface area contributed by atoms with E-state index in [1.165, 1.54) is 0 Å². The van der Waals surface area contributed by atoms with Gasteiger partial charge in [-0.1, -0.05) is 6.07 Å². The molecular weight excluding hydrogens is 240 g/mol. The van der Waals surface area contributed by atoms with Gasteiger partial charge in [-0.3, -0.25) is 0 Å². The number of benzene rings is 1. The number of aryl methyl sites for hydroxylation is 1. The Morgan fingerprint density at radius 1 is 1.16 bits per heavy atom. The van der Waals surface area contributed by atoms with Crippen molar-refractivity contribution in [3.63, 3.8) is 0 Å². The molecule has 0 saturated heterocycles.